The zero-order chi connectivity index (χ0) is 18.8. The zero-order valence-corrected chi connectivity index (χ0v) is 15.7. The molecule has 2 aromatic rings. The van der Waals surface area contributed by atoms with E-state index in [1.807, 2.05) is 0 Å². The number of carbonyl (C=O) groups is 1. The van der Waals surface area contributed by atoms with E-state index in [1.54, 1.807) is 22.9 Å². The molecule has 0 radical (unpaired) electrons. The van der Waals surface area contributed by atoms with Gasteiger partial charge < -0.3 is 4.74 Å². The van der Waals surface area contributed by atoms with Crippen LogP contribution < -0.4 is 9.46 Å². The minimum absolute atomic E-state index is 0.0773. The van der Waals surface area contributed by atoms with Crippen molar-refractivity contribution in [1.29, 1.82) is 0 Å². The fourth-order valence-corrected chi connectivity index (χ4v) is 2.99. The minimum atomic E-state index is -3.89. The van der Waals surface area contributed by atoms with Gasteiger partial charge in [0, 0.05) is 16.6 Å². The molecule has 0 aliphatic carbocycles. The van der Waals surface area contributed by atoms with E-state index in [1.165, 1.54) is 6.07 Å². The largest absolute Gasteiger partial charge is 0.456 e. The first-order chi connectivity index (χ1) is 11.6. The lowest BCUT2D eigenvalue weighted by molar-refractivity contribution is -0.385. The lowest BCUT2D eigenvalue weighted by Gasteiger charge is -2.10. The molecule has 0 heterocycles. The van der Waals surface area contributed by atoms with E-state index in [4.69, 9.17) is 16.3 Å². The van der Waals surface area contributed by atoms with Gasteiger partial charge in [-0.15, -0.1) is 0 Å². The molecule has 1 N–H and O–H groups in total. The van der Waals surface area contributed by atoms with Crippen LogP contribution in [0.2, 0.25) is 5.02 Å². The molecule has 2 rings (SSSR count). The first kappa shape index (κ1) is 19.2. The fraction of sp³-hybridized carbons (Fsp3) is 0.0714. The van der Waals surface area contributed by atoms with Gasteiger partial charge in [0.15, 0.2) is 0 Å². The maximum atomic E-state index is 12.0. The number of hydrogen-bond donors (Lipinski definition) is 1. The number of benzene rings is 2. The molecule has 0 unspecified atom stereocenters. The van der Waals surface area contributed by atoms with Crippen molar-refractivity contribution in [3.8, 4) is 11.5 Å². The molecule has 0 atom stereocenters. The van der Waals surface area contributed by atoms with E-state index < -0.39 is 32.1 Å². The van der Waals surface area contributed by atoms with Gasteiger partial charge in [-0.05, 0) is 24.3 Å². The van der Waals surface area contributed by atoms with E-state index >= 15 is 0 Å². The summed E-state index contributed by atoms with van der Waals surface area (Å²) in [5.41, 5.74) is -1.02. The quantitative estimate of drug-likeness (QED) is 0.552. The molecular formula is C14H10BrClN2O6S. The van der Waals surface area contributed by atoms with Crippen LogP contribution in [-0.2, 0) is 10.0 Å². The number of ether oxygens (including phenoxy) is 1. The van der Waals surface area contributed by atoms with Crippen LogP contribution in [0.25, 0.3) is 0 Å². The fourth-order valence-electron chi connectivity index (χ4n) is 1.83. The average Bonchev–Trinajstić information content (AvgIpc) is 2.48. The van der Waals surface area contributed by atoms with Crippen LogP contribution >= 0.6 is 27.5 Å². The molecule has 0 aliphatic heterocycles. The second-order valence-corrected chi connectivity index (χ2v) is 7.89. The van der Waals surface area contributed by atoms with E-state index in [9.17, 15) is 23.3 Å². The molecule has 132 valence electrons. The van der Waals surface area contributed by atoms with Crippen LogP contribution in [0.1, 0.15) is 10.4 Å². The first-order valence-corrected chi connectivity index (χ1v) is 9.56. The topological polar surface area (TPSA) is 116 Å². The Kier molecular flexibility index (Phi) is 5.65. The summed E-state index contributed by atoms with van der Waals surface area (Å²) in [6.07, 6.45) is 0.763. The Morgan fingerprint density at radius 3 is 2.52 bits per heavy atom. The summed E-state index contributed by atoms with van der Waals surface area (Å²) in [6.45, 7) is 0. The van der Waals surface area contributed by atoms with Gasteiger partial charge in [0.1, 0.15) is 17.1 Å². The molecule has 1 amide bonds. The highest BCUT2D eigenvalue weighted by Gasteiger charge is 2.23. The first-order valence-electron chi connectivity index (χ1n) is 6.50. The van der Waals surface area contributed by atoms with Crippen LogP contribution in [0, 0.1) is 10.1 Å². The predicted octanol–water partition coefficient (Wildman–Crippen LogP) is 3.49. The number of nitro benzene ring substituents is 1. The second-order valence-electron chi connectivity index (χ2n) is 4.82. The van der Waals surface area contributed by atoms with Crippen molar-refractivity contribution in [3.05, 3.63) is 61.6 Å². The van der Waals surface area contributed by atoms with Crippen LogP contribution in [-0.4, -0.2) is 25.5 Å². The van der Waals surface area contributed by atoms with Crippen LogP contribution in [0.5, 0.6) is 11.5 Å². The highest BCUT2D eigenvalue weighted by molar-refractivity contribution is 9.10. The number of rotatable bonds is 5. The highest BCUT2D eigenvalue weighted by Crippen LogP contribution is 2.33. The Morgan fingerprint density at radius 2 is 1.96 bits per heavy atom. The van der Waals surface area contributed by atoms with Gasteiger partial charge in [-0.1, -0.05) is 27.5 Å². The second kappa shape index (κ2) is 7.38. The highest BCUT2D eigenvalue weighted by atomic mass is 79.9. The molecule has 0 aromatic heterocycles. The van der Waals surface area contributed by atoms with E-state index in [0.717, 1.165) is 22.9 Å². The summed E-state index contributed by atoms with van der Waals surface area (Å²) >= 11 is 9.27. The monoisotopic (exact) mass is 448 g/mol. The number of carbonyl (C=O) groups excluding carboxylic acids is 1. The summed E-state index contributed by atoms with van der Waals surface area (Å²) in [6, 6.07) is 8.19. The molecule has 11 heteroatoms. The zero-order valence-electron chi connectivity index (χ0n) is 12.5. The van der Waals surface area contributed by atoms with Crippen molar-refractivity contribution in [2.24, 2.45) is 0 Å². The summed E-state index contributed by atoms with van der Waals surface area (Å²) < 4.78 is 30.3. The van der Waals surface area contributed by atoms with Gasteiger partial charge in [0.05, 0.1) is 16.2 Å². The average molecular weight is 450 g/mol. The van der Waals surface area contributed by atoms with Crippen molar-refractivity contribution in [3.63, 3.8) is 0 Å². The molecule has 0 fully saturated rings. The number of amides is 1. The van der Waals surface area contributed by atoms with E-state index in [2.05, 4.69) is 15.9 Å². The standard InChI is InChI=1S/C14H10BrClN2O6S/c1-25(22,23)17-14(19)10-7-9(3-4-12(10)18(20)21)24-13-5-2-8(15)6-11(13)16/h2-7H,1H3,(H,17,19). The van der Waals surface area contributed by atoms with Crippen molar-refractivity contribution < 1.29 is 22.9 Å². The van der Waals surface area contributed by atoms with Crippen molar-refractivity contribution in [1.82, 2.24) is 4.72 Å². The minimum Gasteiger partial charge on any atom is -0.456 e. The number of sulfonamides is 1. The number of hydrogen-bond acceptors (Lipinski definition) is 6. The Bertz CT molecular complexity index is 964. The Balaban J connectivity index is 2.43. The van der Waals surface area contributed by atoms with Gasteiger partial charge in [-0.25, -0.2) is 13.1 Å². The molecule has 0 spiro atoms. The van der Waals surface area contributed by atoms with Crippen molar-refractivity contribution >= 4 is 49.1 Å². The van der Waals surface area contributed by atoms with Crippen molar-refractivity contribution in [2.45, 2.75) is 0 Å². The molecule has 0 saturated heterocycles. The molecule has 8 nitrogen and oxygen atoms in total. The third-order valence-corrected chi connectivity index (χ3v) is 4.15. The molecule has 0 saturated carbocycles. The summed E-state index contributed by atoms with van der Waals surface area (Å²) in [5, 5.41) is 11.3. The lowest BCUT2D eigenvalue weighted by atomic mass is 10.1. The van der Waals surface area contributed by atoms with E-state index in [0.29, 0.717) is 0 Å². The van der Waals surface area contributed by atoms with Gasteiger partial charge in [-0.3, -0.25) is 14.9 Å². The molecule has 25 heavy (non-hydrogen) atoms. The van der Waals surface area contributed by atoms with Crippen LogP contribution in [0.15, 0.2) is 40.9 Å². The van der Waals surface area contributed by atoms with Crippen molar-refractivity contribution in [2.75, 3.05) is 6.26 Å². The predicted molar refractivity (Wildman–Crippen MR) is 94.6 cm³/mol. The van der Waals surface area contributed by atoms with Gasteiger partial charge >= 0.3 is 0 Å². The van der Waals surface area contributed by atoms with E-state index in [-0.39, 0.29) is 16.5 Å². The van der Waals surface area contributed by atoms with Gasteiger partial charge in [0.2, 0.25) is 10.0 Å². The summed E-state index contributed by atoms with van der Waals surface area (Å²) in [4.78, 5) is 22.3. The van der Waals surface area contributed by atoms with Gasteiger partial charge in [0.25, 0.3) is 11.6 Å². The maximum Gasteiger partial charge on any atom is 0.282 e. The third kappa shape index (κ3) is 5.15. The number of nitrogens with one attached hydrogen (secondary N) is 1. The van der Waals surface area contributed by atoms with Gasteiger partial charge in [-0.2, -0.15) is 0 Å². The Morgan fingerprint density at radius 1 is 1.28 bits per heavy atom. The van der Waals surface area contributed by atoms with Crippen LogP contribution in [0.3, 0.4) is 0 Å². The Hall–Kier alpha value is -2.17. The normalized spacial score (nSPS) is 11.0. The smallest absolute Gasteiger partial charge is 0.282 e. The summed E-state index contributed by atoms with van der Waals surface area (Å²) in [7, 11) is -3.89. The number of nitrogens with zero attached hydrogens (tertiary/aromatic N) is 1. The lowest BCUT2D eigenvalue weighted by Crippen LogP contribution is -2.29. The maximum absolute atomic E-state index is 12.0. The Labute approximate surface area is 156 Å². The molecular weight excluding hydrogens is 440 g/mol. The van der Waals surface area contributed by atoms with Crippen LogP contribution in [0.4, 0.5) is 5.69 Å². The molecule has 0 bridgehead atoms. The number of nitro groups is 1. The molecule has 2 aromatic carbocycles. The number of halogens is 2. The molecule has 0 aliphatic rings. The summed E-state index contributed by atoms with van der Waals surface area (Å²) in [5.74, 6) is -0.803. The third-order valence-electron chi connectivity index (χ3n) is 2.81. The SMILES string of the molecule is CS(=O)(=O)NC(=O)c1cc(Oc2ccc(Br)cc2Cl)ccc1[N+](=O)[O-].